The number of methoxy groups -OCH3 is 2. The van der Waals surface area contributed by atoms with E-state index in [2.05, 4.69) is 4.98 Å². The highest BCUT2D eigenvalue weighted by Crippen LogP contribution is 2.37. The van der Waals surface area contributed by atoms with Gasteiger partial charge in [0.15, 0.2) is 0 Å². The summed E-state index contributed by atoms with van der Waals surface area (Å²) in [5.74, 6) is 0.400. The maximum atomic E-state index is 13.5. The third-order valence-corrected chi connectivity index (χ3v) is 6.18. The van der Waals surface area contributed by atoms with Crippen LogP contribution in [0.3, 0.4) is 0 Å². The molecule has 176 valence electrons. The summed E-state index contributed by atoms with van der Waals surface area (Å²) in [6.45, 7) is -0.114. The van der Waals surface area contributed by atoms with Crippen LogP contribution in [0.15, 0.2) is 88.8 Å². The lowest BCUT2D eigenvalue weighted by atomic mass is 9.91. The number of carbonyl (C=O) groups is 1. The van der Waals surface area contributed by atoms with E-state index in [-0.39, 0.29) is 18.1 Å². The molecule has 1 N–H and O–H groups in total. The molecule has 1 atom stereocenters. The predicted octanol–water partition coefficient (Wildman–Crippen LogP) is 4.53. The summed E-state index contributed by atoms with van der Waals surface area (Å²) in [5.41, 5.74) is 4.10. The molecule has 5 rings (SSSR count). The van der Waals surface area contributed by atoms with Crippen molar-refractivity contribution in [2.45, 2.75) is 12.5 Å². The predicted molar refractivity (Wildman–Crippen MR) is 136 cm³/mol. The molecule has 35 heavy (non-hydrogen) atoms. The fraction of sp³-hybridized carbons (Fsp3) is 0.179. The maximum Gasteiger partial charge on any atom is 0.269 e. The number of pyridine rings is 1. The number of fused-ring (bicyclic) bond motifs is 1. The van der Waals surface area contributed by atoms with E-state index in [1.807, 2.05) is 78.9 Å². The number of benzene rings is 3. The Morgan fingerprint density at radius 3 is 2.54 bits per heavy atom. The van der Waals surface area contributed by atoms with Gasteiger partial charge in [-0.3, -0.25) is 9.59 Å². The molecule has 7 nitrogen and oxygen atoms in total. The first-order chi connectivity index (χ1) is 17.1. The van der Waals surface area contributed by atoms with E-state index in [1.54, 1.807) is 7.11 Å². The lowest BCUT2D eigenvalue weighted by Gasteiger charge is -2.22. The van der Waals surface area contributed by atoms with E-state index in [9.17, 15) is 9.59 Å². The Hall–Kier alpha value is -4.23. The topological polar surface area (TPSA) is 84.0 Å². The number of para-hydroxylation sites is 1. The zero-order valence-electron chi connectivity index (χ0n) is 19.5. The first-order valence-electron chi connectivity index (χ1n) is 11.3. The SMILES string of the molecule is COCC(=O)N1N=C(c2c(-c3ccccc3)c3ccccc3[nH]c2=O)CC1c1cccc(OC)c1. The fourth-order valence-corrected chi connectivity index (χ4v) is 4.61. The molecule has 0 saturated carbocycles. The summed E-state index contributed by atoms with van der Waals surface area (Å²) in [4.78, 5) is 29.5. The number of aromatic nitrogens is 1. The van der Waals surface area contributed by atoms with Gasteiger partial charge >= 0.3 is 0 Å². The molecule has 1 aliphatic rings. The Balaban J connectivity index is 1.70. The Bertz CT molecular complexity index is 1480. The molecule has 0 bridgehead atoms. The molecule has 1 amide bonds. The standard InChI is InChI=1S/C28H25N3O4/c1-34-17-25(32)31-24(19-11-8-12-20(15-19)35-2)16-23(30-31)27-26(18-9-4-3-5-10-18)21-13-6-7-14-22(21)29-28(27)33/h3-15,24H,16-17H2,1-2H3,(H,29,33). The van der Waals surface area contributed by atoms with Crippen molar-refractivity contribution in [2.75, 3.05) is 20.8 Å². The summed E-state index contributed by atoms with van der Waals surface area (Å²) in [6, 6.07) is 24.7. The number of nitrogens with one attached hydrogen (secondary N) is 1. The highest BCUT2D eigenvalue weighted by Gasteiger charge is 2.35. The van der Waals surface area contributed by atoms with Crippen LogP contribution in [0, 0.1) is 0 Å². The number of hydrazone groups is 1. The second-order valence-corrected chi connectivity index (χ2v) is 8.33. The van der Waals surface area contributed by atoms with Gasteiger partial charge < -0.3 is 14.5 Å². The molecule has 4 aromatic rings. The quantitative estimate of drug-likeness (QED) is 0.452. The molecular formula is C28H25N3O4. The van der Waals surface area contributed by atoms with Gasteiger partial charge in [0.05, 0.1) is 24.4 Å². The maximum absolute atomic E-state index is 13.5. The van der Waals surface area contributed by atoms with Crippen LogP contribution in [-0.4, -0.2) is 42.4 Å². The summed E-state index contributed by atoms with van der Waals surface area (Å²) in [7, 11) is 3.07. The monoisotopic (exact) mass is 467 g/mol. The van der Waals surface area contributed by atoms with Gasteiger partial charge in [0.2, 0.25) is 0 Å². The lowest BCUT2D eigenvalue weighted by Crippen LogP contribution is -2.30. The van der Waals surface area contributed by atoms with E-state index in [1.165, 1.54) is 12.1 Å². The van der Waals surface area contributed by atoms with Crippen molar-refractivity contribution in [3.63, 3.8) is 0 Å². The van der Waals surface area contributed by atoms with Crippen LogP contribution in [0.1, 0.15) is 23.6 Å². The van der Waals surface area contributed by atoms with Gasteiger partial charge in [-0.05, 0) is 29.3 Å². The van der Waals surface area contributed by atoms with Gasteiger partial charge in [-0.15, -0.1) is 0 Å². The van der Waals surface area contributed by atoms with Crippen LogP contribution >= 0.6 is 0 Å². The van der Waals surface area contributed by atoms with Crippen molar-refractivity contribution in [3.05, 3.63) is 100 Å². The average Bonchev–Trinajstić information content (AvgIpc) is 3.34. The molecule has 7 heteroatoms. The van der Waals surface area contributed by atoms with Crippen molar-refractivity contribution in [3.8, 4) is 16.9 Å². The smallest absolute Gasteiger partial charge is 0.269 e. The first kappa shape index (κ1) is 22.6. The Morgan fingerprint density at radius 1 is 1.00 bits per heavy atom. The van der Waals surface area contributed by atoms with Crippen molar-refractivity contribution in [1.29, 1.82) is 0 Å². The first-order valence-corrected chi connectivity index (χ1v) is 11.3. The summed E-state index contributed by atoms with van der Waals surface area (Å²) < 4.78 is 10.5. The molecule has 1 aromatic heterocycles. The fourth-order valence-electron chi connectivity index (χ4n) is 4.61. The van der Waals surface area contributed by atoms with Crippen molar-refractivity contribution < 1.29 is 14.3 Å². The third kappa shape index (κ3) is 4.22. The van der Waals surface area contributed by atoms with Crippen LogP contribution in [0.25, 0.3) is 22.0 Å². The highest BCUT2D eigenvalue weighted by atomic mass is 16.5. The number of hydrogen-bond acceptors (Lipinski definition) is 5. The van der Waals surface area contributed by atoms with Crippen LogP contribution < -0.4 is 10.3 Å². The van der Waals surface area contributed by atoms with E-state index < -0.39 is 6.04 Å². The van der Waals surface area contributed by atoms with Gasteiger partial charge in [0.25, 0.3) is 11.5 Å². The normalized spacial score (nSPS) is 15.3. The second-order valence-electron chi connectivity index (χ2n) is 8.33. The number of amides is 1. The minimum absolute atomic E-state index is 0.114. The lowest BCUT2D eigenvalue weighted by molar-refractivity contribution is -0.137. The van der Waals surface area contributed by atoms with Crippen LogP contribution in [-0.2, 0) is 9.53 Å². The van der Waals surface area contributed by atoms with Gasteiger partial charge in [-0.25, -0.2) is 5.01 Å². The van der Waals surface area contributed by atoms with E-state index in [4.69, 9.17) is 14.6 Å². The minimum atomic E-state index is -0.391. The number of ether oxygens (including phenoxy) is 2. The third-order valence-electron chi connectivity index (χ3n) is 6.18. The van der Waals surface area contributed by atoms with Crippen molar-refractivity contribution in [1.82, 2.24) is 9.99 Å². The Labute approximate surface area is 202 Å². The van der Waals surface area contributed by atoms with Crippen molar-refractivity contribution >= 4 is 22.5 Å². The molecule has 3 aromatic carbocycles. The number of carbonyl (C=O) groups excluding carboxylic acids is 1. The largest absolute Gasteiger partial charge is 0.497 e. The van der Waals surface area contributed by atoms with E-state index >= 15 is 0 Å². The highest BCUT2D eigenvalue weighted by molar-refractivity contribution is 6.12. The number of aromatic amines is 1. The van der Waals surface area contributed by atoms with E-state index in [0.717, 1.165) is 27.6 Å². The zero-order valence-corrected chi connectivity index (χ0v) is 19.5. The zero-order chi connectivity index (χ0) is 24.4. The molecule has 1 unspecified atom stereocenters. The number of rotatable bonds is 6. The van der Waals surface area contributed by atoms with Gasteiger partial charge in [0, 0.05) is 30.0 Å². The van der Waals surface area contributed by atoms with Crippen LogP contribution in [0.2, 0.25) is 0 Å². The molecular weight excluding hydrogens is 442 g/mol. The molecule has 0 radical (unpaired) electrons. The summed E-state index contributed by atoms with van der Waals surface area (Å²) in [5, 5.41) is 7.04. The average molecular weight is 468 g/mol. The van der Waals surface area contributed by atoms with Crippen molar-refractivity contribution in [2.24, 2.45) is 5.10 Å². The minimum Gasteiger partial charge on any atom is -0.497 e. The van der Waals surface area contributed by atoms with Gasteiger partial charge in [-0.2, -0.15) is 5.10 Å². The van der Waals surface area contributed by atoms with Gasteiger partial charge in [-0.1, -0.05) is 60.7 Å². The molecule has 0 saturated heterocycles. The van der Waals surface area contributed by atoms with E-state index in [0.29, 0.717) is 23.4 Å². The van der Waals surface area contributed by atoms with Crippen LogP contribution in [0.4, 0.5) is 0 Å². The summed E-state index contributed by atoms with van der Waals surface area (Å²) in [6.07, 6.45) is 0.379. The van der Waals surface area contributed by atoms with Gasteiger partial charge in [0.1, 0.15) is 12.4 Å². The number of H-pyrrole nitrogens is 1. The van der Waals surface area contributed by atoms with Crippen LogP contribution in [0.5, 0.6) is 5.75 Å². The summed E-state index contributed by atoms with van der Waals surface area (Å²) >= 11 is 0. The second kappa shape index (κ2) is 9.56. The Kier molecular flexibility index (Phi) is 6.16. The molecule has 0 aliphatic carbocycles. The molecule has 0 fully saturated rings. The number of nitrogens with zero attached hydrogens (tertiary/aromatic N) is 2. The Morgan fingerprint density at radius 2 is 1.77 bits per heavy atom. The number of hydrogen-bond donors (Lipinski definition) is 1. The molecule has 1 aliphatic heterocycles. The molecule has 2 heterocycles. The molecule has 0 spiro atoms.